The zero-order chi connectivity index (χ0) is 24.2. The van der Waals surface area contributed by atoms with Gasteiger partial charge in [0, 0.05) is 16.8 Å². The minimum absolute atomic E-state index is 0.219. The van der Waals surface area contributed by atoms with E-state index in [-0.39, 0.29) is 12.4 Å². The summed E-state index contributed by atoms with van der Waals surface area (Å²) < 4.78 is 23.0. The number of ether oxygens (including phenoxy) is 1. The minimum atomic E-state index is -0.363. The summed E-state index contributed by atoms with van der Waals surface area (Å²) in [4.78, 5) is 0. The molecule has 0 bridgehead atoms. The highest BCUT2D eigenvalue weighted by molar-refractivity contribution is 7.80. The van der Waals surface area contributed by atoms with Crippen LogP contribution >= 0.6 is 23.8 Å². The van der Waals surface area contributed by atoms with E-state index < -0.39 is 0 Å². The Morgan fingerprint density at radius 3 is 2.71 bits per heavy atom. The first-order chi connectivity index (χ1) is 16.3. The first-order valence-electron chi connectivity index (χ1n) is 10.5. The third-order valence-electron chi connectivity index (χ3n) is 5.36. The third kappa shape index (κ3) is 5.37. The molecule has 2 N–H and O–H groups in total. The van der Waals surface area contributed by atoms with Gasteiger partial charge in [-0.15, -0.1) is 0 Å². The molecule has 0 spiro atoms. The molecule has 0 unspecified atom stereocenters. The second kappa shape index (κ2) is 10.2. The molecule has 0 aliphatic heterocycles. The highest BCUT2D eigenvalue weighted by atomic mass is 35.5. The predicted octanol–water partition coefficient (Wildman–Crippen LogP) is 5.40. The van der Waals surface area contributed by atoms with Crippen molar-refractivity contribution in [3.05, 3.63) is 88.2 Å². The zero-order valence-electron chi connectivity index (χ0n) is 19.0. The summed E-state index contributed by atoms with van der Waals surface area (Å²) in [5.41, 5.74) is 4.53. The van der Waals surface area contributed by atoms with Crippen LogP contribution in [-0.2, 0) is 13.1 Å². The summed E-state index contributed by atoms with van der Waals surface area (Å²) in [5.74, 6) is 0.439. The van der Waals surface area contributed by atoms with Crippen LogP contribution in [0.15, 0.2) is 54.9 Å². The summed E-state index contributed by atoms with van der Waals surface area (Å²) in [7, 11) is 1.64. The maximum Gasteiger partial charge on any atom is 0.175 e. The molecule has 0 aliphatic rings. The molecule has 0 amide bonds. The molecule has 0 atom stereocenters. The van der Waals surface area contributed by atoms with Crippen LogP contribution < -0.4 is 15.4 Å². The second-order valence-corrected chi connectivity index (χ2v) is 8.58. The molecule has 4 aromatic rings. The van der Waals surface area contributed by atoms with E-state index in [2.05, 4.69) is 20.8 Å². The number of nitrogens with zero attached hydrogens (tertiary/aromatic N) is 4. The number of thiocarbonyl (C=S) groups is 1. The van der Waals surface area contributed by atoms with Crippen molar-refractivity contribution in [3.63, 3.8) is 0 Å². The number of hydrogen-bond acceptors (Lipinski definition) is 4. The Labute approximate surface area is 207 Å². The van der Waals surface area contributed by atoms with E-state index in [0.717, 1.165) is 34.1 Å². The Morgan fingerprint density at radius 2 is 1.94 bits per heavy atom. The molecule has 4 rings (SSSR count). The largest absolute Gasteiger partial charge is 0.497 e. The lowest BCUT2D eigenvalue weighted by atomic mass is 10.2. The van der Waals surface area contributed by atoms with E-state index in [0.29, 0.717) is 22.2 Å². The lowest BCUT2D eigenvalue weighted by Crippen LogP contribution is -2.19. The minimum Gasteiger partial charge on any atom is -0.497 e. The fraction of sp³-hybridized carbons (Fsp3) is 0.208. The average Bonchev–Trinajstić information content (AvgIpc) is 3.35. The molecule has 0 saturated carbocycles. The van der Waals surface area contributed by atoms with Crippen LogP contribution in [0.2, 0.25) is 5.02 Å². The van der Waals surface area contributed by atoms with Gasteiger partial charge in [0.25, 0.3) is 0 Å². The normalized spacial score (nSPS) is 10.9. The van der Waals surface area contributed by atoms with E-state index in [4.69, 9.17) is 28.6 Å². The SMILES string of the molecule is COc1cccc(Cn2cc(NC(=S)Nc3c(C)nn(Cc4c(F)cccc4Cl)c3C)cn2)c1. The maximum absolute atomic E-state index is 14.2. The van der Waals surface area contributed by atoms with Gasteiger partial charge >= 0.3 is 0 Å². The number of methoxy groups -OCH3 is 1. The number of rotatable bonds is 7. The Bertz CT molecular complexity index is 1310. The number of anilines is 2. The molecule has 2 aromatic carbocycles. The summed E-state index contributed by atoms with van der Waals surface area (Å²) in [5, 5.41) is 16.0. The fourth-order valence-corrected chi connectivity index (χ4v) is 4.06. The summed E-state index contributed by atoms with van der Waals surface area (Å²) >= 11 is 11.7. The fourth-order valence-electron chi connectivity index (χ4n) is 3.61. The van der Waals surface area contributed by atoms with Gasteiger partial charge in [-0.05, 0) is 55.9 Å². The van der Waals surface area contributed by atoms with Crippen molar-refractivity contribution >= 4 is 40.3 Å². The zero-order valence-corrected chi connectivity index (χ0v) is 20.5. The third-order valence-corrected chi connectivity index (χ3v) is 5.92. The first kappa shape index (κ1) is 23.7. The first-order valence-corrected chi connectivity index (χ1v) is 11.3. The van der Waals surface area contributed by atoms with Crippen LogP contribution in [0.1, 0.15) is 22.5 Å². The van der Waals surface area contributed by atoms with Gasteiger partial charge < -0.3 is 15.4 Å². The number of halogens is 2. The quantitative estimate of drug-likeness (QED) is 0.332. The number of hydrogen-bond donors (Lipinski definition) is 2. The number of aromatic nitrogens is 4. The average molecular weight is 499 g/mol. The van der Waals surface area contributed by atoms with Crippen LogP contribution in [-0.4, -0.2) is 31.8 Å². The van der Waals surface area contributed by atoms with Gasteiger partial charge in [0.15, 0.2) is 5.11 Å². The highest BCUT2D eigenvalue weighted by Crippen LogP contribution is 2.25. The lowest BCUT2D eigenvalue weighted by molar-refractivity contribution is 0.414. The molecular weight excluding hydrogens is 475 g/mol. The van der Waals surface area contributed by atoms with Crippen molar-refractivity contribution in [1.82, 2.24) is 19.6 Å². The van der Waals surface area contributed by atoms with Gasteiger partial charge in [-0.3, -0.25) is 9.36 Å². The summed E-state index contributed by atoms with van der Waals surface area (Å²) in [6.45, 7) is 4.58. The van der Waals surface area contributed by atoms with Crippen molar-refractivity contribution < 1.29 is 9.13 Å². The van der Waals surface area contributed by atoms with Crippen LogP contribution in [0.25, 0.3) is 0 Å². The Hall–Kier alpha value is -3.43. The topological polar surface area (TPSA) is 68.9 Å². The lowest BCUT2D eigenvalue weighted by Gasteiger charge is -2.11. The standard InChI is InChI=1S/C24H24ClFN6OS/c1-15-23(16(2)32(30-15)14-20-21(25)8-5-9-22(20)26)29-24(34)28-18-11-27-31(13-18)12-17-6-4-7-19(10-17)33-3/h4-11,13H,12,14H2,1-3H3,(H2,28,29,34). The number of nitrogens with one attached hydrogen (secondary N) is 2. The van der Waals surface area contributed by atoms with E-state index in [1.807, 2.05) is 49.0 Å². The molecule has 0 saturated heterocycles. The molecule has 2 heterocycles. The monoisotopic (exact) mass is 498 g/mol. The van der Waals surface area contributed by atoms with Crippen LogP contribution in [0.3, 0.4) is 0 Å². The second-order valence-electron chi connectivity index (χ2n) is 7.76. The summed E-state index contributed by atoms with van der Waals surface area (Å²) in [6.07, 6.45) is 3.58. The smallest absolute Gasteiger partial charge is 0.175 e. The van der Waals surface area contributed by atoms with E-state index >= 15 is 0 Å². The van der Waals surface area contributed by atoms with Gasteiger partial charge in [-0.1, -0.05) is 29.8 Å². The van der Waals surface area contributed by atoms with Gasteiger partial charge in [-0.2, -0.15) is 10.2 Å². The Kier molecular flexibility index (Phi) is 7.14. The Morgan fingerprint density at radius 1 is 1.15 bits per heavy atom. The van der Waals surface area contributed by atoms with Crippen molar-refractivity contribution in [2.24, 2.45) is 0 Å². The number of benzene rings is 2. The predicted molar refractivity (Wildman–Crippen MR) is 136 cm³/mol. The van der Waals surface area contributed by atoms with E-state index in [1.54, 1.807) is 30.1 Å². The molecule has 2 aromatic heterocycles. The molecule has 10 heteroatoms. The molecule has 0 radical (unpaired) electrons. The molecule has 176 valence electrons. The van der Waals surface area contributed by atoms with Crippen LogP contribution in [0, 0.1) is 19.7 Å². The maximum atomic E-state index is 14.2. The Balaban J connectivity index is 1.42. The van der Waals surface area contributed by atoms with Crippen LogP contribution in [0.4, 0.5) is 15.8 Å². The van der Waals surface area contributed by atoms with Gasteiger partial charge in [-0.25, -0.2) is 4.39 Å². The molecular formula is C24H24ClFN6OS. The van der Waals surface area contributed by atoms with E-state index in [9.17, 15) is 4.39 Å². The molecule has 7 nitrogen and oxygen atoms in total. The molecule has 0 fully saturated rings. The van der Waals surface area contributed by atoms with Gasteiger partial charge in [0.2, 0.25) is 0 Å². The van der Waals surface area contributed by atoms with Crippen molar-refractivity contribution in [3.8, 4) is 5.75 Å². The number of aryl methyl sites for hydroxylation is 1. The van der Waals surface area contributed by atoms with Gasteiger partial charge in [0.05, 0.1) is 49.2 Å². The highest BCUT2D eigenvalue weighted by Gasteiger charge is 2.16. The van der Waals surface area contributed by atoms with Crippen molar-refractivity contribution in [2.45, 2.75) is 26.9 Å². The summed E-state index contributed by atoms with van der Waals surface area (Å²) in [6, 6.07) is 12.5. The molecule has 34 heavy (non-hydrogen) atoms. The van der Waals surface area contributed by atoms with E-state index in [1.165, 1.54) is 6.07 Å². The van der Waals surface area contributed by atoms with Crippen molar-refractivity contribution in [1.29, 1.82) is 0 Å². The molecule has 0 aliphatic carbocycles. The van der Waals surface area contributed by atoms with Crippen molar-refractivity contribution in [2.75, 3.05) is 17.7 Å². The van der Waals surface area contributed by atoms with Crippen LogP contribution in [0.5, 0.6) is 5.75 Å². The van der Waals surface area contributed by atoms with Gasteiger partial charge in [0.1, 0.15) is 11.6 Å².